The van der Waals surface area contributed by atoms with Gasteiger partial charge in [0.25, 0.3) is 0 Å². The van der Waals surface area contributed by atoms with Crippen LogP contribution in [0.1, 0.15) is 31.1 Å². The Kier molecular flexibility index (Phi) is 5.16. The first-order valence-electron chi connectivity index (χ1n) is 5.83. The third-order valence-corrected chi connectivity index (χ3v) is 2.34. The van der Waals surface area contributed by atoms with Crippen LogP contribution in [0.25, 0.3) is 0 Å². The molecule has 0 atom stereocenters. The zero-order valence-corrected chi connectivity index (χ0v) is 10.7. The average molecular weight is 236 g/mol. The molecule has 0 unspecified atom stereocenters. The van der Waals surface area contributed by atoms with Gasteiger partial charge < -0.3 is 9.47 Å². The summed E-state index contributed by atoms with van der Waals surface area (Å²) in [4.78, 5) is 10.5. The van der Waals surface area contributed by atoms with Gasteiger partial charge in [0, 0.05) is 17.6 Å². The normalized spacial score (nSPS) is 11.2. The van der Waals surface area contributed by atoms with Gasteiger partial charge in [-0.2, -0.15) is 0 Å². The Balaban J connectivity index is 2.45. The molecule has 1 rings (SSSR count). The first-order chi connectivity index (χ1) is 8.07. The van der Waals surface area contributed by atoms with Crippen molar-refractivity contribution in [3.63, 3.8) is 0 Å². The Morgan fingerprint density at radius 1 is 1.18 bits per heavy atom. The summed E-state index contributed by atoms with van der Waals surface area (Å²) >= 11 is 0. The highest BCUT2D eigenvalue weighted by Gasteiger charge is 2.19. The minimum Gasteiger partial charge on any atom is -0.493 e. The number of ether oxygens (including phenoxy) is 2. The molecule has 0 aliphatic heterocycles. The molecule has 0 amide bonds. The summed E-state index contributed by atoms with van der Waals surface area (Å²) in [6, 6.07) is 7.11. The molecule has 0 aliphatic rings. The van der Waals surface area contributed by atoms with E-state index in [4.69, 9.17) is 9.47 Å². The van der Waals surface area contributed by atoms with Gasteiger partial charge in [0.05, 0.1) is 13.2 Å². The van der Waals surface area contributed by atoms with E-state index in [9.17, 15) is 4.79 Å². The van der Waals surface area contributed by atoms with Crippen molar-refractivity contribution < 1.29 is 14.3 Å². The van der Waals surface area contributed by atoms with Crippen LogP contribution in [0, 0.1) is 5.41 Å². The predicted octanol–water partition coefficient (Wildman–Crippen LogP) is 2.94. The average Bonchev–Trinajstić information content (AvgIpc) is 2.35. The smallest absolute Gasteiger partial charge is 0.150 e. The summed E-state index contributed by atoms with van der Waals surface area (Å²) < 4.78 is 11.1. The third kappa shape index (κ3) is 5.00. The Bertz CT molecular complexity index is 341. The van der Waals surface area contributed by atoms with Gasteiger partial charge in [-0.25, -0.2) is 0 Å². The second kappa shape index (κ2) is 6.40. The van der Waals surface area contributed by atoms with E-state index in [1.165, 1.54) is 0 Å². The van der Waals surface area contributed by atoms with Crippen LogP contribution in [-0.4, -0.2) is 26.1 Å². The van der Waals surface area contributed by atoms with Crippen LogP contribution < -0.4 is 4.74 Å². The molecule has 94 valence electrons. The molecule has 0 aromatic heterocycles. The van der Waals surface area contributed by atoms with Crippen molar-refractivity contribution in [2.45, 2.75) is 20.8 Å². The highest BCUT2D eigenvalue weighted by atomic mass is 16.5. The summed E-state index contributed by atoms with van der Waals surface area (Å²) in [7, 11) is 0. The molecule has 0 saturated carbocycles. The predicted molar refractivity (Wildman–Crippen MR) is 67.6 cm³/mol. The van der Waals surface area contributed by atoms with Gasteiger partial charge >= 0.3 is 0 Å². The van der Waals surface area contributed by atoms with E-state index >= 15 is 0 Å². The highest BCUT2D eigenvalue weighted by molar-refractivity contribution is 5.74. The number of carbonyl (C=O) groups excluding carboxylic acids is 1. The quantitative estimate of drug-likeness (QED) is 0.683. The van der Waals surface area contributed by atoms with Gasteiger partial charge in [-0.3, -0.25) is 4.79 Å². The van der Waals surface area contributed by atoms with Crippen molar-refractivity contribution in [1.29, 1.82) is 0 Å². The first-order valence-corrected chi connectivity index (χ1v) is 5.83. The molecule has 17 heavy (non-hydrogen) atoms. The Morgan fingerprint density at radius 2 is 1.82 bits per heavy atom. The van der Waals surface area contributed by atoms with Gasteiger partial charge in [-0.1, -0.05) is 13.8 Å². The Morgan fingerprint density at radius 3 is 2.35 bits per heavy atom. The second-order valence-corrected chi connectivity index (χ2v) is 4.78. The number of aldehydes is 1. The summed E-state index contributed by atoms with van der Waals surface area (Å²) in [5.41, 5.74) is 0.644. The van der Waals surface area contributed by atoms with Crippen LogP contribution in [0.4, 0.5) is 0 Å². The lowest BCUT2D eigenvalue weighted by atomic mass is 9.96. The molecule has 1 aromatic rings. The van der Waals surface area contributed by atoms with E-state index in [0.29, 0.717) is 18.8 Å². The highest BCUT2D eigenvalue weighted by Crippen LogP contribution is 2.19. The second-order valence-electron chi connectivity index (χ2n) is 4.78. The van der Waals surface area contributed by atoms with Gasteiger partial charge in [0.2, 0.25) is 0 Å². The first kappa shape index (κ1) is 13.7. The maximum Gasteiger partial charge on any atom is 0.150 e. The lowest BCUT2D eigenvalue weighted by Gasteiger charge is -2.24. The monoisotopic (exact) mass is 236 g/mol. The van der Waals surface area contributed by atoms with Crippen LogP contribution in [0.5, 0.6) is 5.75 Å². The van der Waals surface area contributed by atoms with E-state index in [1.54, 1.807) is 24.3 Å². The SMILES string of the molecule is CCOCC(C)(C)COc1ccc(C=O)cc1. The van der Waals surface area contributed by atoms with E-state index in [0.717, 1.165) is 18.6 Å². The molecule has 0 N–H and O–H groups in total. The number of hydrogen-bond donors (Lipinski definition) is 0. The molecule has 0 aliphatic carbocycles. The largest absolute Gasteiger partial charge is 0.493 e. The Hall–Kier alpha value is -1.35. The fraction of sp³-hybridized carbons (Fsp3) is 0.500. The molecule has 0 spiro atoms. The molecule has 3 nitrogen and oxygen atoms in total. The molecular weight excluding hydrogens is 216 g/mol. The fourth-order valence-electron chi connectivity index (χ4n) is 1.34. The van der Waals surface area contributed by atoms with E-state index < -0.39 is 0 Å². The number of hydrogen-bond acceptors (Lipinski definition) is 3. The molecule has 0 fully saturated rings. The molecule has 0 radical (unpaired) electrons. The van der Waals surface area contributed by atoms with Gasteiger partial charge in [-0.05, 0) is 31.2 Å². The van der Waals surface area contributed by atoms with Crippen LogP contribution in [0.15, 0.2) is 24.3 Å². The number of carbonyl (C=O) groups is 1. The van der Waals surface area contributed by atoms with E-state index in [-0.39, 0.29) is 5.41 Å². The van der Waals surface area contributed by atoms with Crippen LogP contribution in [0.3, 0.4) is 0 Å². The van der Waals surface area contributed by atoms with Gasteiger partial charge in [0.1, 0.15) is 12.0 Å². The minimum absolute atomic E-state index is 0.0145. The molecular formula is C14H20O3. The fourth-order valence-corrected chi connectivity index (χ4v) is 1.34. The van der Waals surface area contributed by atoms with Crippen LogP contribution in [0.2, 0.25) is 0 Å². The molecule has 0 saturated heterocycles. The Labute approximate surface area is 103 Å². The topological polar surface area (TPSA) is 35.5 Å². The van der Waals surface area contributed by atoms with Gasteiger partial charge in [-0.15, -0.1) is 0 Å². The van der Waals surface area contributed by atoms with E-state index in [2.05, 4.69) is 13.8 Å². The summed E-state index contributed by atoms with van der Waals surface area (Å²) in [5.74, 6) is 0.778. The molecule has 0 bridgehead atoms. The zero-order chi connectivity index (χ0) is 12.7. The third-order valence-electron chi connectivity index (χ3n) is 2.34. The van der Waals surface area contributed by atoms with Crippen LogP contribution in [-0.2, 0) is 4.74 Å². The van der Waals surface area contributed by atoms with Crippen molar-refractivity contribution in [1.82, 2.24) is 0 Å². The lowest BCUT2D eigenvalue weighted by Crippen LogP contribution is -2.27. The minimum atomic E-state index is -0.0145. The van der Waals surface area contributed by atoms with Crippen LogP contribution >= 0.6 is 0 Å². The zero-order valence-electron chi connectivity index (χ0n) is 10.7. The number of benzene rings is 1. The van der Waals surface area contributed by atoms with Crippen molar-refractivity contribution in [3.8, 4) is 5.75 Å². The molecule has 1 aromatic carbocycles. The summed E-state index contributed by atoms with van der Waals surface area (Å²) in [6.45, 7) is 8.17. The van der Waals surface area contributed by atoms with Crippen molar-refractivity contribution in [2.75, 3.05) is 19.8 Å². The van der Waals surface area contributed by atoms with Crippen molar-refractivity contribution in [2.24, 2.45) is 5.41 Å². The standard InChI is InChI=1S/C14H20O3/c1-4-16-10-14(2,3)11-17-13-7-5-12(9-15)6-8-13/h5-9H,4,10-11H2,1-3H3. The van der Waals surface area contributed by atoms with Crippen molar-refractivity contribution in [3.05, 3.63) is 29.8 Å². The van der Waals surface area contributed by atoms with E-state index in [1.807, 2.05) is 6.92 Å². The lowest BCUT2D eigenvalue weighted by molar-refractivity contribution is 0.0409. The molecule has 0 heterocycles. The number of rotatable bonds is 7. The summed E-state index contributed by atoms with van der Waals surface area (Å²) in [5, 5.41) is 0. The molecule has 3 heteroatoms. The van der Waals surface area contributed by atoms with Gasteiger partial charge in [0.15, 0.2) is 0 Å². The maximum absolute atomic E-state index is 10.5. The maximum atomic E-state index is 10.5. The summed E-state index contributed by atoms with van der Waals surface area (Å²) in [6.07, 6.45) is 0.822. The van der Waals surface area contributed by atoms with Crippen molar-refractivity contribution >= 4 is 6.29 Å².